The van der Waals surface area contributed by atoms with E-state index >= 15 is 0 Å². The van der Waals surface area contributed by atoms with Crippen molar-refractivity contribution in [2.24, 2.45) is 0 Å². The Bertz CT molecular complexity index is 838. The normalized spacial score (nSPS) is 16.3. The van der Waals surface area contributed by atoms with Gasteiger partial charge in [-0.15, -0.1) is 0 Å². The van der Waals surface area contributed by atoms with Crippen LogP contribution in [0.1, 0.15) is 35.8 Å². The number of ether oxygens (including phenoxy) is 3. The first-order valence-corrected chi connectivity index (χ1v) is 9.64. The Labute approximate surface area is 166 Å². The number of aromatic nitrogens is 2. The van der Waals surface area contributed by atoms with Crippen molar-refractivity contribution in [3.05, 3.63) is 33.9 Å². The summed E-state index contributed by atoms with van der Waals surface area (Å²) < 4.78 is 17.3. The van der Waals surface area contributed by atoms with E-state index in [-0.39, 0.29) is 18.7 Å². The third kappa shape index (κ3) is 4.56. The van der Waals surface area contributed by atoms with Gasteiger partial charge in [0.1, 0.15) is 17.9 Å². The summed E-state index contributed by atoms with van der Waals surface area (Å²) in [6.07, 6.45) is 2.22. The number of nitrogens with zero attached hydrogens (tertiary/aromatic N) is 2. The van der Waals surface area contributed by atoms with Crippen molar-refractivity contribution < 1.29 is 19.0 Å². The Hall–Kier alpha value is -2.19. The van der Waals surface area contributed by atoms with Crippen LogP contribution in [0.2, 0.25) is 0 Å². The van der Waals surface area contributed by atoms with Gasteiger partial charge < -0.3 is 19.9 Å². The summed E-state index contributed by atoms with van der Waals surface area (Å²) in [5.74, 6) is 0.330. The Balaban J connectivity index is 1.89. The molecule has 2 aromatic rings. The van der Waals surface area contributed by atoms with Crippen LogP contribution in [0.15, 0.2) is 22.7 Å². The van der Waals surface area contributed by atoms with Crippen molar-refractivity contribution in [1.29, 1.82) is 0 Å². The van der Waals surface area contributed by atoms with Gasteiger partial charge in [0.05, 0.1) is 28.6 Å². The number of benzene rings is 1. The molecular weight excluding hydrogens is 414 g/mol. The molecule has 2 heterocycles. The highest BCUT2D eigenvalue weighted by atomic mass is 79.9. The van der Waals surface area contributed by atoms with Crippen LogP contribution in [-0.2, 0) is 9.47 Å². The molecule has 7 nitrogen and oxygen atoms in total. The van der Waals surface area contributed by atoms with E-state index in [2.05, 4.69) is 25.9 Å². The van der Waals surface area contributed by atoms with Crippen molar-refractivity contribution >= 4 is 27.8 Å². The summed E-state index contributed by atoms with van der Waals surface area (Å²) >= 11 is 3.53. The molecule has 1 aromatic heterocycles. The highest BCUT2D eigenvalue weighted by molar-refractivity contribution is 9.10. The summed E-state index contributed by atoms with van der Waals surface area (Å²) in [5, 5.41) is 0. The van der Waals surface area contributed by atoms with E-state index in [0.717, 1.165) is 23.9 Å². The lowest BCUT2D eigenvalue weighted by molar-refractivity contribution is 0.0525. The Morgan fingerprint density at radius 1 is 1.41 bits per heavy atom. The van der Waals surface area contributed by atoms with Crippen LogP contribution in [0.3, 0.4) is 0 Å². The van der Waals surface area contributed by atoms with Crippen LogP contribution in [0, 0.1) is 6.92 Å². The molecule has 2 N–H and O–H groups in total. The summed E-state index contributed by atoms with van der Waals surface area (Å²) in [6, 6.07) is 5.51. The molecule has 0 amide bonds. The van der Waals surface area contributed by atoms with Crippen LogP contribution in [0.5, 0.6) is 5.75 Å². The molecule has 1 aliphatic rings. The van der Waals surface area contributed by atoms with Crippen LogP contribution in [-0.4, -0.2) is 41.9 Å². The molecule has 1 saturated heterocycles. The summed E-state index contributed by atoms with van der Waals surface area (Å²) in [6.45, 7) is 5.02. The number of rotatable bonds is 6. The van der Waals surface area contributed by atoms with E-state index in [1.807, 2.05) is 18.2 Å². The molecule has 0 radical (unpaired) electrons. The number of esters is 1. The van der Waals surface area contributed by atoms with Gasteiger partial charge in [0, 0.05) is 12.2 Å². The zero-order valence-corrected chi connectivity index (χ0v) is 16.9. The highest BCUT2D eigenvalue weighted by Gasteiger charge is 2.22. The van der Waals surface area contributed by atoms with Crippen molar-refractivity contribution in [2.45, 2.75) is 32.8 Å². The number of anilines is 1. The monoisotopic (exact) mass is 435 g/mol. The van der Waals surface area contributed by atoms with Gasteiger partial charge in [-0.3, -0.25) is 0 Å². The first-order valence-electron chi connectivity index (χ1n) is 8.85. The van der Waals surface area contributed by atoms with E-state index in [9.17, 15) is 4.79 Å². The summed E-state index contributed by atoms with van der Waals surface area (Å²) in [5.41, 5.74) is 7.74. The van der Waals surface area contributed by atoms with Gasteiger partial charge >= 0.3 is 5.97 Å². The number of hydrogen-bond donors (Lipinski definition) is 1. The standard InChI is InChI=1S/C19H22BrN3O4/c1-3-25-18(24)16-11(2)22-19(21)23-17(16)12-6-7-15(14(20)9-12)27-10-13-5-4-8-26-13/h6-7,9,13H,3-5,8,10H2,1-2H3,(H2,21,22,23). The zero-order valence-electron chi connectivity index (χ0n) is 15.3. The molecule has 0 aliphatic carbocycles. The van der Waals surface area contributed by atoms with Gasteiger partial charge in [0.2, 0.25) is 5.95 Å². The van der Waals surface area contributed by atoms with E-state index in [1.165, 1.54) is 0 Å². The molecule has 3 rings (SSSR count). The fraction of sp³-hybridized carbons (Fsp3) is 0.421. The molecule has 0 saturated carbocycles. The smallest absolute Gasteiger partial charge is 0.342 e. The number of nitrogen functional groups attached to an aromatic ring is 1. The predicted octanol–water partition coefficient (Wildman–Crippen LogP) is 3.53. The second kappa shape index (κ2) is 8.67. The molecule has 144 valence electrons. The minimum absolute atomic E-state index is 0.102. The lowest BCUT2D eigenvalue weighted by Crippen LogP contribution is -2.16. The number of carbonyl (C=O) groups is 1. The molecule has 1 fully saturated rings. The van der Waals surface area contributed by atoms with Crippen molar-refractivity contribution in [3.8, 4) is 17.0 Å². The molecular formula is C19H22BrN3O4. The average Bonchev–Trinajstić information content (AvgIpc) is 3.13. The second-order valence-electron chi connectivity index (χ2n) is 6.20. The first-order chi connectivity index (χ1) is 13.0. The molecule has 0 spiro atoms. The number of nitrogens with two attached hydrogens (primary N) is 1. The minimum atomic E-state index is -0.472. The molecule has 1 unspecified atom stereocenters. The minimum Gasteiger partial charge on any atom is -0.490 e. The Morgan fingerprint density at radius 3 is 2.89 bits per heavy atom. The Morgan fingerprint density at radius 2 is 2.22 bits per heavy atom. The van der Waals surface area contributed by atoms with Crippen molar-refractivity contribution in [3.63, 3.8) is 0 Å². The molecule has 8 heteroatoms. The topological polar surface area (TPSA) is 96.6 Å². The predicted molar refractivity (Wildman–Crippen MR) is 105 cm³/mol. The average molecular weight is 436 g/mol. The maximum absolute atomic E-state index is 12.4. The second-order valence-corrected chi connectivity index (χ2v) is 7.06. The third-order valence-electron chi connectivity index (χ3n) is 4.24. The molecule has 1 atom stereocenters. The highest BCUT2D eigenvalue weighted by Crippen LogP contribution is 2.33. The lowest BCUT2D eigenvalue weighted by Gasteiger charge is -2.15. The van der Waals surface area contributed by atoms with Gasteiger partial charge in [0.15, 0.2) is 0 Å². The van der Waals surface area contributed by atoms with Gasteiger partial charge in [-0.25, -0.2) is 14.8 Å². The van der Waals surface area contributed by atoms with E-state index < -0.39 is 5.97 Å². The van der Waals surface area contributed by atoms with Gasteiger partial charge in [-0.1, -0.05) is 0 Å². The number of aryl methyl sites for hydroxylation is 1. The maximum atomic E-state index is 12.4. The van der Waals surface area contributed by atoms with E-state index in [4.69, 9.17) is 19.9 Å². The van der Waals surface area contributed by atoms with Crippen LogP contribution in [0.25, 0.3) is 11.3 Å². The largest absolute Gasteiger partial charge is 0.490 e. The maximum Gasteiger partial charge on any atom is 0.342 e. The Kier molecular flexibility index (Phi) is 6.28. The van der Waals surface area contributed by atoms with Crippen molar-refractivity contribution in [1.82, 2.24) is 9.97 Å². The van der Waals surface area contributed by atoms with Crippen LogP contribution in [0.4, 0.5) is 5.95 Å². The van der Waals surface area contributed by atoms with Crippen molar-refractivity contribution in [2.75, 3.05) is 25.6 Å². The quantitative estimate of drug-likeness (QED) is 0.692. The molecule has 27 heavy (non-hydrogen) atoms. The van der Waals surface area contributed by atoms with E-state index in [1.54, 1.807) is 13.8 Å². The van der Waals surface area contributed by atoms with Gasteiger partial charge in [-0.05, 0) is 60.8 Å². The lowest BCUT2D eigenvalue weighted by atomic mass is 10.0. The fourth-order valence-electron chi connectivity index (χ4n) is 2.97. The fourth-order valence-corrected chi connectivity index (χ4v) is 3.47. The SMILES string of the molecule is CCOC(=O)c1c(C)nc(N)nc1-c1ccc(OCC2CCCO2)c(Br)c1. The summed E-state index contributed by atoms with van der Waals surface area (Å²) in [7, 11) is 0. The molecule has 0 bridgehead atoms. The zero-order chi connectivity index (χ0) is 19.4. The summed E-state index contributed by atoms with van der Waals surface area (Å²) in [4.78, 5) is 20.7. The number of carbonyl (C=O) groups excluding carboxylic acids is 1. The molecule has 1 aromatic carbocycles. The number of halogens is 1. The van der Waals surface area contributed by atoms with E-state index in [0.29, 0.717) is 34.9 Å². The van der Waals surface area contributed by atoms with Crippen LogP contribution >= 0.6 is 15.9 Å². The van der Waals surface area contributed by atoms with Gasteiger partial charge in [0.25, 0.3) is 0 Å². The molecule has 1 aliphatic heterocycles. The third-order valence-corrected chi connectivity index (χ3v) is 4.86. The van der Waals surface area contributed by atoms with Crippen LogP contribution < -0.4 is 10.5 Å². The van der Waals surface area contributed by atoms with Gasteiger partial charge in [-0.2, -0.15) is 0 Å². The first kappa shape index (κ1) is 19.6. The number of hydrogen-bond acceptors (Lipinski definition) is 7.